The van der Waals surface area contributed by atoms with Crippen LogP contribution in [-0.4, -0.2) is 23.6 Å². The maximum atomic E-state index is 4.66. The first kappa shape index (κ1) is 10.8. The molecule has 4 rings (SSSR count). The molecule has 3 aliphatic rings. The van der Waals surface area contributed by atoms with Crippen LogP contribution in [-0.2, 0) is 6.54 Å². The van der Waals surface area contributed by atoms with Crippen molar-refractivity contribution in [3.05, 3.63) is 23.9 Å². The van der Waals surface area contributed by atoms with Crippen molar-refractivity contribution in [3.63, 3.8) is 0 Å². The first-order valence-corrected chi connectivity index (χ1v) is 7.33. The molecule has 2 bridgehead atoms. The number of aromatic nitrogens is 1. The minimum Gasteiger partial charge on any atom is -0.353 e. The van der Waals surface area contributed by atoms with Crippen LogP contribution in [0.5, 0.6) is 0 Å². The van der Waals surface area contributed by atoms with Gasteiger partial charge in [0.2, 0.25) is 0 Å². The van der Waals surface area contributed by atoms with E-state index in [2.05, 4.69) is 33.5 Å². The Labute approximate surface area is 109 Å². The van der Waals surface area contributed by atoms with Crippen molar-refractivity contribution in [2.45, 2.75) is 50.7 Å². The molecule has 1 N–H and O–H groups in total. The zero-order chi connectivity index (χ0) is 11.9. The van der Waals surface area contributed by atoms with Gasteiger partial charge in [-0.2, -0.15) is 0 Å². The molecule has 2 aliphatic carbocycles. The molecule has 2 heterocycles. The fourth-order valence-corrected chi connectivity index (χ4v) is 3.45. The van der Waals surface area contributed by atoms with Crippen molar-refractivity contribution in [1.29, 1.82) is 0 Å². The van der Waals surface area contributed by atoms with Crippen molar-refractivity contribution in [2.24, 2.45) is 5.92 Å². The van der Waals surface area contributed by atoms with Crippen LogP contribution in [0.1, 0.15) is 37.7 Å². The van der Waals surface area contributed by atoms with Gasteiger partial charge in [-0.25, -0.2) is 4.98 Å². The number of nitrogens with zero attached hydrogens (tertiary/aromatic N) is 2. The highest BCUT2D eigenvalue weighted by atomic mass is 15.2. The maximum absolute atomic E-state index is 4.66. The van der Waals surface area contributed by atoms with Gasteiger partial charge in [-0.15, -0.1) is 0 Å². The number of piperidine rings is 1. The van der Waals surface area contributed by atoms with E-state index in [4.69, 9.17) is 0 Å². The van der Waals surface area contributed by atoms with Crippen LogP contribution >= 0.6 is 0 Å². The third-order valence-electron chi connectivity index (χ3n) is 4.68. The van der Waals surface area contributed by atoms with Crippen LogP contribution in [0.25, 0.3) is 0 Å². The van der Waals surface area contributed by atoms with E-state index in [0.29, 0.717) is 0 Å². The fraction of sp³-hybridized carbons (Fsp3) is 0.667. The van der Waals surface area contributed by atoms with Crippen LogP contribution in [0.4, 0.5) is 5.82 Å². The molecule has 0 radical (unpaired) electrons. The molecular formula is C15H21N3. The van der Waals surface area contributed by atoms with Gasteiger partial charge >= 0.3 is 0 Å². The molecule has 1 aromatic heterocycles. The number of pyridine rings is 1. The Bertz CT molecular complexity index is 424. The first-order valence-electron chi connectivity index (χ1n) is 7.33. The van der Waals surface area contributed by atoms with Gasteiger partial charge < -0.3 is 10.2 Å². The Morgan fingerprint density at radius 2 is 2.17 bits per heavy atom. The second kappa shape index (κ2) is 4.23. The lowest BCUT2D eigenvalue weighted by atomic mass is 10.1. The lowest BCUT2D eigenvalue weighted by Gasteiger charge is -2.28. The van der Waals surface area contributed by atoms with Gasteiger partial charge in [-0.05, 0) is 49.7 Å². The minimum absolute atomic E-state index is 0.776. The third kappa shape index (κ3) is 2.01. The molecule has 96 valence electrons. The molecule has 1 aliphatic heterocycles. The van der Waals surface area contributed by atoms with Crippen LogP contribution < -0.4 is 10.2 Å². The predicted octanol–water partition coefficient (Wildman–Crippen LogP) is 2.32. The van der Waals surface area contributed by atoms with Gasteiger partial charge in [0.1, 0.15) is 5.82 Å². The molecule has 3 fully saturated rings. The van der Waals surface area contributed by atoms with Gasteiger partial charge in [-0.1, -0.05) is 6.07 Å². The zero-order valence-corrected chi connectivity index (χ0v) is 10.8. The summed E-state index contributed by atoms with van der Waals surface area (Å²) >= 11 is 0. The van der Waals surface area contributed by atoms with Gasteiger partial charge in [0.25, 0.3) is 0 Å². The van der Waals surface area contributed by atoms with E-state index >= 15 is 0 Å². The van der Waals surface area contributed by atoms with Gasteiger partial charge in [0.05, 0.1) is 0 Å². The van der Waals surface area contributed by atoms with E-state index < -0.39 is 0 Å². The van der Waals surface area contributed by atoms with E-state index in [-0.39, 0.29) is 0 Å². The second-order valence-corrected chi connectivity index (χ2v) is 6.17. The molecular weight excluding hydrogens is 222 g/mol. The summed E-state index contributed by atoms with van der Waals surface area (Å²) in [4.78, 5) is 7.18. The number of hydrogen-bond donors (Lipinski definition) is 1. The highest BCUT2D eigenvalue weighted by Crippen LogP contribution is 2.39. The summed E-state index contributed by atoms with van der Waals surface area (Å²) in [5.41, 5.74) is 1.31. The lowest BCUT2D eigenvalue weighted by molar-refractivity contribution is 0.550. The number of nitrogens with one attached hydrogen (secondary N) is 1. The second-order valence-electron chi connectivity index (χ2n) is 6.17. The summed E-state index contributed by atoms with van der Waals surface area (Å²) in [6.45, 7) is 2.21. The molecule has 2 unspecified atom stereocenters. The van der Waals surface area contributed by atoms with Crippen molar-refractivity contribution < 1.29 is 0 Å². The third-order valence-corrected chi connectivity index (χ3v) is 4.68. The average Bonchev–Trinajstić information content (AvgIpc) is 3.01. The van der Waals surface area contributed by atoms with Crippen LogP contribution in [0, 0.1) is 5.92 Å². The summed E-state index contributed by atoms with van der Waals surface area (Å²) in [6.07, 6.45) is 8.95. The average molecular weight is 243 g/mol. The Hall–Kier alpha value is -1.09. The summed E-state index contributed by atoms with van der Waals surface area (Å²) in [5.74, 6) is 2.13. The number of fused-ring (bicyclic) bond motifs is 2. The fourth-order valence-electron chi connectivity index (χ4n) is 3.45. The largest absolute Gasteiger partial charge is 0.353 e. The lowest BCUT2D eigenvalue weighted by Crippen LogP contribution is -2.32. The smallest absolute Gasteiger partial charge is 0.128 e. The van der Waals surface area contributed by atoms with E-state index in [0.717, 1.165) is 24.5 Å². The van der Waals surface area contributed by atoms with Gasteiger partial charge in [-0.3, -0.25) is 0 Å². The summed E-state index contributed by atoms with van der Waals surface area (Å²) < 4.78 is 0. The normalized spacial score (nSPS) is 30.1. The first-order chi connectivity index (χ1) is 8.88. The molecule has 0 aromatic carbocycles. The summed E-state index contributed by atoms with van der Waals surface area (Å²) in [5, 5.41) is 3.54. The van der Waals surface area contributed by atoms with Crippen molar-refractivity contribution in [1.82, 2.24) is 10.3 Å². The number of rotatable bonds is 4. The standard InChI is InChI=1S/C15H21N3/c1-5-14-7-11(1)10-18(14)15-6-2-12(9-17-15)8-16-13-3-4-13/h2,6,9,11,13-14,16H,1,3-5,7-8,10H2. The highest BCUT2D eigenvalue weighted by Gasteiger charge is 2.38. The number of anilines is 1. The Morgan fingerprint density at radius 3 is 2.78 bits per heavy atom. The Balaban J connectivity index is 1.42. The topological polar surface area (TPSA) is 28.2 Å². The maximum Gasteiger partial charge on any atom is 0.128 e. The van der Waals surface area contributed by atoms with E-state index in [1.807, 2.05) is 0 Å². The van der Waals surface area contributed by atoms with Crippen molar-refractivity contribution in [2.75, 3.05) is 11.4 Å². The van der Waals surface area contributed by atoms with Gasteiger partial charge in [0.15, 0.2) is 0 Å². The SMILES string of the molecule is c1cc(N2CC3CCC2C3)ncc1CNC1CC1. The minimum atomic E-state index is 0.776. The highest BCUT2D eigenvalue weighted by molar-refractivity contribution is 5.43. The van der Waals surface area contributed by atoms with Crippen molar-refractivity contribution >= 4 is 5.82 Å². The molecule has 0 amide bonds. The number of hydrogen-bond acceptors (Lipinski definition) is 3. The van der Waals surface area contributed by atoms with Crippen molar-refractivity contribution in [3.8, 4) is 0 Å². The molecule has 18 heavy (non-hydrogen) atoms. The van der Waals surface area contributed by atoms with E-state index in [1.54, 1.807) is 0 Å². The molecule has 1 aromatic rings. The van der Waals surface area contributed by atoms with E-state index in [1.165, 1.54) is 50.0 Å². The van der Waals surface area contributed by atoms with Crippen LogP contribution in [0.3, 0.4) is 0 Å². The molecule has 3 heteroatoms. The zero-order valence-electron chi connectivity index (χ0n) is 10.8. The molecule has 3 nitrogen and oxygen atoms in total. The Morgan fingerprint density at radius 1 is 1.22 bits per heavy atom. The van der Waals surface area contributed by atoms with Crippen LogP contribution in [0.15, 0.2) is 18.3 Å². The molecule has 2 saturated carbocycles. The molecule has 2 atom stereocenters. The summed E-state index contributed by atoms with van der Waals surface area (Å²) in [7, 11) is 0. The molecule has 1 saturated heterocycles. The monoisotopic (exact) mass is 243 g/mol. The quantitative estimate of drug-likeness (QED) is 0.879. The van der Waals surface area contributed by atoms with Crippen LogP contribution in [0.2, 0.25) is 0 Å². The van der Waals surface area contributed by atoms with E-state index in [9.17, 15) is 0 Å². The van der Waals surface area contributed by atoms with Gasteiger partial charge in [0, 0.05) is 31.4 Å². The molecule has 0 spiro atoms. The Kier molecular flexibility index (Phi) is 2.54. The predicted molar refractivity (Wildman–Crippen MR) is 72.6 cm³/mol. The summed E-state index contributed by atoms with van der Waals surface area (Å²) in [6, 6.07) is 6.01.